The van der Waals surface area contributed by atoms with E-state index >= 15 is 0 Å². The van der Waals surface area contributed by atoms with Crippen LogP contribution in [0.3, 0.4) is 0 Å². The van der Waals surface area contributed by atoms with Gasteiger partial charge in [-0.25, -0.2) is 18.7 Å². The molecule has 2 fully saturated rings. The van der Waals surface area contributed by atoms with Gasteiger partial charge in [-0.15, -0.1) is 0 Å². The Morgan fingerprint density at radius 2 is 1.89 bits per heavy atom. The minimum absolute atomic E-state index is 0.0543. The van der Waals surface area contributed by atoms with Crippen molar-refractivity contribution in [2.24, 2.45) is 0 Å². The Bertz CT molecular complexity index is 894. The Hall–Kier alpha value is -3.08. The number of alkyl halides is 2. The molecule has 0 atom stereocenters. The molecule has 2 aliphatic rings. The topological polar surface area (TPSA) is 73.1 Å². The summed E-state index contributed by atoms with van der Waals surface area (Å²) in [6.45, 7) is 0.109. The second kappa shape index (κ2) is 7.15. The number of hydrogen-bond donors (Lipinski definition) is 0. The van der Waals surface area contributed by atoms with Crippen molar-refractivity contribution in [2.75, 3.05) is 18.0 Å². The Morgan fingerprint density at radius 3 is 2.43 bits per heavy atom. The van der Waals surface area contributed by atoms with Gasteiger partial charge in [-0.05, 0) is 37.1 Å². The van der Waals surface area contributed by atoms with Crippen LogP contribution in [0, 0.1) is 11.3 Å². The molecule has 0 aromatic carbocycles. The predicted octanol–water partition coefficient (Wildman–Crippen LogP) is 3.52. The van der Waals surface area contributed by atoms with Gasteiger partial charge in [0.25, 0.3) is 11.8 Å². The number of hydrogen-bond acceptors (Lipinski definition) is 5. The van der Waals surface area contributed by atoms with Gasteiger partial charge >= 0.3 is 0 Å². The highest BCUT2D eigenvalue weighted by Crippen LogP contribution is 2.37. The van der Waals surface area contributed by atoms with Crippen molar-refractivity contribution < 1.29 is 13.6 Å². The third-order valence-electron chi connectivity index (χ3n) is 5.08. The minimum atomic E-state index is -2.68. The molecular formula is C20H19F2N5O. The molecule has 0 unspecified atom stereocenters. The first-order valence-corrected chi connectivity index (χ1v) is 9.25. The molecular weight excluding hydrogens is 364 g/mol. The number of carbonyl (C=O) groups excluding carboxylic acids is 1. The van der Waals surface area contributed by atoms with Crippen LogP contribution in [0.15, 0.2) is 36.7 Å². The largest absolute Gasteiger partial charge is 0.338 e. The van der Waals surface area contributed by atoms with Gasteiger partial charge in [-0.2, -0.15) is 5.26 Å². The lowest BCUT2D eigenvalue weighted by molar-refractivity contribution is -0.0494. The van der Waals surface area contributed by atoms with Crippen LogP contribution in [-0.2, 0) is 0 Å². The number of nitrogens with zero attached hydrogens (tertiary/aromatic N) is 5. The number of amides is 1. The molecule has 1 saturated heterocycles. The second-order valence-corrected chi connectivity index (χ2v) is 7.17. The zero-order valence-corrected chi connectivity index (χ0v) is 15.2. The van der Waals surface area contributed by atoms with Crippen molar-refractivity contribution in [3.8, 4) is 6.07 Å². The maximum Gasteiger partial charge on any atom is 0.255 e. The number of rotatable bonds is 4. The molecule has 3 heterocycles. The van der Waals surface area contributed by atoms with Crippen LogP contribution in [0.5, 0.6) is 0 Å². The van der Waals surface area contributed by atoms with E-state index in [1.54, 1.807) is 24.4 Å². The number of likely N-dealkylation sites (tertiary alicyclic amines) is 1. The van der Waals surface area contributed by atoms with E-state index in [1.807, 2.05) is 17.0 Å². The van der Waals surface area contributed by atoms with Gasteiger partial charge in [-0.1, -0.05) is 0 Å². The zero-order valence-electron chi connectivity index (χ0n) is 15.2. The van der Waals surface area contributed by atoms with Crippen LogP contribution < -0.4 is 4.90 Å². The van der Waals surface area contributed by atoms with Crippen molar-refractivity contribution >= 4 is 17.4 Å². The molecule has 2 aromatic heterocycles. The van der Waals surface area contributed by atoms with Gasteiger partial charge < -0.3 is 9.80 Å². The summed E-state index contributed by atoms with van der Waals surface area (Å²) in [7, 11) is 0. The summed E-state index contributed by atoms with van der Waals surface area (Å²) in [5.74, 6) is -2.26. The van der Waals surface area contributed by atoms with E-state index in [4.69, 9.17) is 5.26 Å². The summed E-state index contributed by atoms with van der Waals surface area (Å²) in [4.78, 5) is 24.6. The van der Waals surface area contributed by atoms with Crippen molar-refractivity contribution in [3.63, 3.8) is 0 Å². The third kappa shape index (κ3) is 3.79. The fraction of sp³-hybridized carbons (Fsp3) is 0.400. The molecule has 0 radical (unpaired) electrons. The molecule has 28 heavy (non-hydrogen) atoms. The van der Waals surface area contributed by atoms with Gasteiger partial charge in [-0.3, -0.25) is 4.79 Å². The lowest BCUT2D eigenvalue weighted by atomic mass is 10.1. The number of carbonyl (C=O) groups is 1. The van der Waals surface area contributed by atoms with E-state index < -0.39 is 5.92 Å². The van der Waals surface area contributed by atoms with Gasteiger partial charge in [0.05, 0.1) is 17.4 Å². The molecule has 144 valence electrons. The van der Waals surface area contributed by atoms with Crippen LogP contribution in [0.2, 0.25) is 0 Å². The molecule has 6 nitrogen and oxygen atoms in total. The van der Waals surface area contributed by atoms with E-state index in [-0.39, 0.29) is 31.8 Å². The standard InChI is InChI=1S/C20H19F2N5O/c21-20(22)7-9-26(10-8-20)19(28)14-1-6-18(25-12-14)27(16-4-5-16)17-3-2-15(11-23)24-13-17/h1-3,6,12-13,16H,4-5,7-10H2. The van der Waals surface area contributed by atoms with Crippen LogP contribution in [0.4, 0.5) is 20.3 Å². The van der Waals surface area contributed by atoms with E-state index in [0.717, 1.165) is 18.5 Å². The first-order valence-electron chi connectivity index (χ1n) is 9.25. The molecule has 0 N–H and O–H groups in total. The monoisotopic (exact) mass is 383 g/mol. The molecule has 1 amide bonds. The van der Waals surface area contributed by atoms with Gasteiger partial charge in [0, 0.05) is 38.2 Å². The van der Waals surface area contributed by atoms with Crippen molar-refractivity contribution in [3.05, 3.63) is 47.9 Å². The van der Waals surface area contributed by atoms with E-state index in [1.165, 1.54) is 11.1 Å². The summed E-state index contributed by atoms with van der Waals surface area (Å²) in [6.07, 6.45) is 4.61. The van der Waals surface area contributed by atoms with E-state index in [0.29, 0.717) is 23.1 Å². The average Bonchev–Trinajstić information content (AvgIpc) is 3.54. The van der Waals surface area contributed by atoms with Crippen LogP contribution in [0.1, 0.15) is 41.7 Å². The first kappa shape index (κ1) is 18.3. The van der Waals surface area contributed by atoms with Crippen LogP contribution in [0.25, 0.3) is 0 Å². The zero-order chi connectivity index (χ0) is 19.7. The molecule has 8 heteroatoms. The SMILES string of the molecule is N#Cc1ccc(N(c2ccc(C(=O)N3CCC(F)(F)CC3)cn2)C2CC2)cn1. The van der Waals surface area contributed by atoms with Gasteiger partial charge in [0.1, 0.15) is 17.6 Å². The lowest BCUT2D eigenvalue weighted by Gasteiger charge is -2.31. The molecule has 0 bridgehead atoms. The molecule has 2 aromatic rings. The number of pyridine rings is 2. The Kier molecular flexibility index (Phi) is 4.67. The third-order valence-corrected chi connectivity index (χ3v) is 5.08. The summed E-state index contributed by atoms with van der Waals surface area (Å²) < 4.78 is 26.6. The molecule has 1 saturated carbocycles. The lowest BCUT2D eigenvalue weighted by Crippen LogP contribution is -2.42. The predicted molar refractivity (Wildman–Crippen MR) is 98.4 cm³/mol. The normalized spacial score (nSPS) is 18.4. The fourth-order valence-electron chi connectivity index (χ4n) is 3.33. The van der Waals surface area contributed by atoms with Gasteiger partial charge in [0.2, 0.25) is 0 Å². The van der Waals surface area contributed by atoms with Gasteiger partial charge in [0.15, 0.2) is 0 Å². The average molecular weight is 383 g/mol. The highest BCUT2D eigenvalue weighted by Gasteiger charge is 2.36. The van der Waals surface area contributed by atoms with E-state index in [9.17, 15) is 13.6 Å². The Labute approximate surface area is 161 Å². The number of nitriles is 1. The van der Waals surface area contributed by atoms with Crippen molar-refractivity contribution in [1.29, 1.82) is 5.26 Å². The molecule has 4 rings (SSSR count). The Morgan fingerprint density at radius 1 is 1.14 bits per heavy atom. The highest BCUT2D eigenvalue weighted by molar-refractivity contribution is 5.94. The molecule has 1 aliphatic carbocycles. The summed E-state index contributed by atoms with van der Waals surface area (Å²) in [6, 6.07) is 9.26. The number of aromatic nitrogens is 2. The number of piperidine rings is 1. The number of anilines is 2. The van der Waals surface area contributed by atoms with E-state index in [2.05, 4.69) is 9.97 Å². The maximum atomic E-state index is 13.3. The summed E-state index contributed by atoms with van der Waals surface area (Å²) >= 11 is 0. The summed E-state index contributed by atoms with van der Waals surface area (Å²) in [5, 5.41) is 8.91. The maximum absolute atomic E-state index is 13.3. The molecule has 1 aliphatic heterocycles. The minimum Gasteiger partial charge on any atom is -0.338 e. The quantitative estimate of drug-likeness (QED) is 0.808. The smallest absolute Gasteiger partial charge is 0.255 e. The fourth-order valence-corrected chi connectivity index (χ4v) is 3.33. The summed E-state index contributed by atoms with van der Waals surface area (Å²) in [5.41, 5.74) is 1.58. The second-order valence-electron chi connectivity index (χ2n) is 7.17. The number of halogens is 2. The van der Waals surface area contributed by atoms with Crippen LogP contribution in [-0.4, -0.2) is 45.8 Å². The first-order chi connectivity index (χ1) is 13.5. The highest BCUT2D eigenvalue weighted by atomic mass is 19.3. The Balaban J connectivity index is 1.51. The molecule has 0 spiro atoms. The van der Waals surface area contributed by atoms with Crippen LogP contribution >= 0.6 is 0 Å². The van der Waals surface area contributed by atoms with Crippen molar-refractivity contribution in [2.45, 2.75) is 37.6 Å². The van der Waals surface area contributed by atoms with Crippen molar-refractivity contribution in [1.82, 2.24) is 14.9 Å².